The zero-order valence-corrected chi connectivity index (χ0v) is 13.5. The molecule has 3 heterocycles. The molecule has 1 fully saturated rings. The molecular formula is C17H14N4O2S. The largest absolute Gasteiger partial charge is 0.421 e. The molecule has 0 unspecified atom stereocenters. The summed E-state index contributed by atoms with van der Waals surface area (Å²) >= 11 is 1.66. The third-order valence-corrected chi connectivity index (χ3v) is 5.44. The fourth-order valence-electron chi connectivity index (χ4n) is 3.22. The van der Waals surface area contributed by atoms with Crippen LogP contribution in [0.15, 0.2) is 51.8 Å². The summed E-state index contributed by atoms with van der Waals surface area (Å²) in [5, 5.41) is 4.40. The van der Waals surface area contributed by atoms with Crippen LogP contribution in [-0.2, 0) is 0 Å². The van der Waals surface area contributed by atoms with E-state index in [0.29, 0.717) is 17.3 Å². The van der Waals surface area contributed by atoms with Crippen molar-refractivity contribution in [3.05, 3.63) is 53.1 Å². The molecular weight excluding hydrogens is 324 g/mol. The summed E-state index contributed by atoms with van der Waals surface area (Å²) in [5.41, 5.74) is 2.19. The third-order valence-electron chi connectivity index (χ3n) is 4.47. The molecule has 1 N–H and O–H groups in total. The number of aromatic nitrogens is 3. The first-order valence-electron chi connectivity index (χ1n) is 7.86. The van der Waals surface area contributed by atoms with Gasteiger partial charge in [-0.25, -0.2) is 14.8 Å². The van der Waals surface area contributed by atoms with Crippen molar-refractivity contribution in [1.82, 2.24) is 14.5 Å². The summed E-state index contributed by atoms with van der Waals surface area (Å²) < 4.78 is 8.11. The van der Waals surface area contributed by atoms with Crippen LogP contribution in [-0.4, -0.2) is 20.6 Å². The molecule has 0 saturated heterocycles. The zero-order valence-electron chi connectivity index (χ0n) is 12.7. The van der Waals surface area contributed by atoms with Gasteiger partial charge >= 0.3 is 5.76 Å². The number of pyridine rings is 1. The summed E-state index contributed by atoms with van der Waals surface area (Å²) in [5.74, 6) is -0.327. The molecule has 3 aromatic heterocycles. The Balaban J connectivity index is 1.34. The maximum Gasteiger partial charge on any atom is 0.421 e. The Hall–Kier alpha value is -2.67. The molecule has 4 aromatic rings. The highest BCUT2D eigenvalue weighted by Gasteiger charge is 2.34. The van der Waals surface area contributed by atoms with E-state index in [2.05, 4.69) is 21.4 Å². The number of nitrogens with zero attached hydrogens (tertiary/aromatic N) is 3. The van der Waals surface area contributed by atoms with Crippen LogP contribution in [0.1, 0.15) is 18.9 Å². The Morgan fingerprint density at radius 1 is 1.21 bits per heavy atom. The lowest BCUT2D eigenvalue weighted by Crippen LogP contribution is -2.39. The van der Waals surface area contributed by atoms with Crippen molar-refractivity contribution < 1.29 is 4.42 Å². The van der Waals surface area contributed by atoms with Gasteiger partial charge in [0.2, 0.25) is 0 Å². The molecule has 0 aliphatic heterocycles. The van der Waals surface area contributed by atoms with Gasteiger partial charge in [0.05, 0.1) is 10.2 Å². The fraction of sp³-hybridized carbons (Fsp3) is 0.235. The van der Waals surface area contributed by atoms with Crippen molar-refractivity contribution >= 4 is 37.9 Å². The van der Waals surface area contributed by atoms with E-state index in [1.165, 1.54) is 4.70 Å². The lowest BCUT2D eigenvalue weighted by Gasteiger charge is -2.35. The molecule has 0 bridgehead atoms. The molecule has 1 saturated carbocycles. The first-order valence-corrected chi connectivity index (χ1v) is 8.68. The topological polar surface area (TPSA) is 73.0 Å². The van der Waals surface area contributed by atoms with E-state index in [1.54, 1.807) is 34.2 Å². The van der Waals surface area contributed by atoms with Gasteiger partial charge in [-0.2, -0.15) is 0 Å². The molecule has 1 aromatic carbocycles. The lowest BCUT2D eigenvalue weighted by atomic mass is 9.86. The minimum absolute atomic E-state index is 0.125. The van der Waals surface area contributed by atoms with Crippen LogP contribution in [0.3, 0.4) is 0 Å². The molecule has 24 heavy (non-hydrogen) atoms. The number of thiazole rings is 1. The summed E-state index contributed by atoms with van der Waals surface area (Å²) in [6, 6.07) is 12.1. The van der Waals surface area contributed by atoms with Gasteiger partial charge in [0.25, 0.3) is 0 Å². The van der Waals surface area contributed by atoms with Gasteiger partial charge in [-0.3, -0.25) is 4.57 Å². The summed E-state index contributed by atoms with van der Waals surface area (Å²) in [6.07, 6.45) is 3.41. The van der Waals surface area contributed by atoms with Crippen molar-refractivity contribution in [2.75, 3.05) is 5.32 Å². The number of nitrogens with one attached hydrogen (secondary N) is 1. The zero-order chi connectivity index (χ0) is 16.1. The molecule has 0 atom stereocenters. The molecule has 0 amide bonds. The molecule has 1 aliphatic carbocycles. The average Bonchev–Trinajstić information content (AvgIpc) is 3.10. The van der Waals surface area contributed by atoms with Crippen LogP contribution in [0.2, 0.25) is 0 Å². The van der Waals surface area contributed by atoms with Gasteiger partial charge < -0.3 is 9.73 Å². The Bertz CT molecular complexity index is 1060. The van der Waals surface area contributed by atoms with Gasteiger partial charge in [0.15, 0.2) is 16.4 Å². The monoisotopic (exact) mass is 338 g/mol. The van der Waals surface area contributed by atoms with E-state index in [1.807, 2.05) is 18.2 Å². The van der Waals surface area contributed by atoms with Crippen molar-refractivity contribution in [2.24, 2.45) is 0 Å². The number of hydrogen-bond acceptors (Lipinski definition) is 6. The molecule has 5 rings (SSSR count). The summed E-state index contributed by atoms with van der Waals surface area (Å²) in [6.45, 7) is 0. The van der Waals surface area contributed by atoms with E-state index in [4.69, 9.17) is 4.42 Å². The van der Waals surface area contributed by atoms with Crippen molar-refractivity contribution in [1.29, 1.82) is 0 Å². The van der Waals surface area contributed by atoms with E-state index in [0.717, 1.165) is 23.5 Å². The molecule has 7 heteroatoms. The normalized spacial score (nSPS) is 20.3. The highest BCUT2D eigenvalue weighted by molar-refractivity contribution is 7.22. The molecule has 1 aliphatic rings. The van der Waals surface area contributed by atoms with E-state index in [-0.39, 0.29) is 11.8 Å². The first-order chi connectivity index (χ1) is 11.8. The quantitative estimate of drug-likeness (QED) is 0.620. The number of anilines is 1. The number of para-hydroxylation sites is 1. The lowest BCUT2D eigenvalue weighted by molar-refractivity contribution is 0.271. The second-order valence-electron chi connectivity index (χ2n) is 6.02. The fourth-order valence-corrected chi connectivity index (χ4v) is 4.16. The highest BCUT2D eigenvalue weighted by Crippen LogP contribution is 2.36. The Morgan fingerprint density at radius 2 is 2.08 bits per heavy atom. The third kappa shape index (κ3) is 2.12. The Morgan fingerprint density at radius 3 is 2.96 bits per heavy atom. The Kier molecular flexibility index (Phi) is 2.96. The summed E-state index contributed by atoms with van der Waals surface area (Å²) in [4.78, 5) is 21.0. The Labute approximate surface area is 140 Å². The molecule has 0 spiro atoms. The molecule has 120 valence electrons. The first kappa shape index (κ1) is 13.7. The van der Waals surface area contributed by atoms with E-state index in [9.17, 15) is 4.79 Å². The smallest absolute Gasteiger partial charge is 0.406 e. The maximum absolute atomic E-state index is 12.1. The van der Waals surface area contributed by atoms with Gasteiger partial charge in [0, 0.05) is 18.3 Å². The van der Waals surface area contributed by atoms with Gasteiger partial charge in [0.1, 0.15) is 0 Å². The van der Waals surface area contributed by atoms with Crippen LogP contribution >= 0.6 is 11.3 Å². The molecule has 6 nitrogen and oxygen atoms in total. The van der Waals surface area contributed by atoms with Crippen molar-refractivity contribution in [3.63, 3.8) is 0 Å². The second kappa shape index (κ2) is 5.17. The molecule has 0 radical (unpaired) electrons. The summed E-state index contributed by atoms with van der Waals surface area (Å²) in [7, 11) is 0. The average molecular weight is 338 g/mol. The highest BCUT2D eigenvalue weighted by atomic mass is 32.1. The predicted molar refractivity (Wildman–Crippen MR) is 93.6 cm³/mol. The van der Waals surface area contributed by atoms with Gasteiger partial charge in [-0.1, -0.05) is 23.5 Å². The second-order valence-corrected chi connectivity index (χ2v) is 7.05. The van der Waals surface area contributed by atoms with Crippen molar-refractivity contribution in [2.45, 2.75) is 24.9 Å². The maximum atomic E-state index is 12.1. The van der Waals surface area contributed by atoms with Crippen LogP contribution in [0.4, 0.5) is 5.13 Å². The van der Waals surface area contributed by atoms with E-state index >= 15 is 0 Å². The van der Waals surface area contributed by atoms with Gasteiger partial charge in [-0.05, 0) is 37.1 Å². The van der Waals surface area contributed by atoms with Crippen molar-refractivity contribution in [3.8, 4) is 0 Å². The van der Waals surface area contributed by atoms with Crippen LogP contribution in [0.25, 0.3) is 21.4 Å². The SMILES string of the molecule is O=c1oc2cccnc2n1C1CC(Nc2nc3ccccc3s2)C1. The van der Waals surface area contributed by atoms with Crippen LogP contribution in [0, 0.1) is 0 Å². The number of oxazole rings is 1. The minimum Gasteiger partial charge on any atom is -0.406 e. The number of fused-ring (bicyclic) bond motifs is 2. The van der Waals surface area contributed by atoms with Crippen LogP contribution in [0.5, 0.6) is 0 Å². The minimum atomic E-state index is -0.327. The van der Waals surface area contributed by atoms with Crippen LogP contribution < -0.4 is 11.1 Å². The number of benzene rings is 1. The predicted octanol–water partition coefficient (Wildman–Crippen LogP) is 3.41. The van der Waals surface area contributed by atoms with E-state index < -0.39 is 0 Å². The van der Waals surface area contributed by atoms with Gasteiger partial charge in [-0.15, -0.1) is 0 Å². The standard InChI is InChI=1S/C17H14N4O2S/c22-17-21(15-13(23-17)5-3-7-18-15)11-8-10(9-11)19-16-20-12-4-1-2-6-14(12)24-16/h1-7,10-11H,8-9H2,(H,19,20). The number of rotatable bonds is 3. The number of hydrogen-bond donors (Lipinski definition) is 1.